The van der Waals surface area contributed by atoms with Crippen LogP contribution in [-0.2, 0) is 0 Å². The minimum Gasteiger partial charge on any atom is -0.130 e. The molecule has 0 bridgehead atoms. The molecule has 0 aromatic rings. The molecule has 0 aromatic carbocycles. The first-order chi connectivity index (χ1) is 5.91. The van der Waals surface area contributed by atoms with Crippen molar-refractivity contribution >= 4 is 0 Å². The fourth-order valence-corrected chi connectivity index (χ4v) is 1.05. The Kier molecular flexibility index (Phi) is 10.1. The van der Waals surface area contributed by atoms with Gasteiger partial charge in [0.25, 0.3) is 0 Å². The van der Waals surface area contributed by atoms with E-state index in [0.29, 0.717) is 0 Å². The monoisotopic (exact) mass is 166 g/mol. The summed E-state index contributed by atoms with van der Waals surface area (Å²) in [6.45, 7) is 4.46. The molecular weight excluding hydrogens is 144 g/mol. The standard InChI is InChI=1S/C12H22/c1-3-5-7-9-11-12-10-8-6-4-2/h9,12H,3-8,10H2,1-2H3. The SMILES string of the molecule is CCCCC=C=CCCCCC. The highest BCUT2D eigenvalue weighted by Gasteiger charge is 1.79. The maximum Gasteiger partial charge on any atom is -0.0274 e. The van der Waals surface area contributed by atoms with Gasteiger partial charge in [-0.15, -0.1) is 5.73 Å². The second kappa shape index (κ2) is 10.5. The van der Waals surface area contributed by atoms with Crippen LogP contribution < -0.4 is 0 Å². The van der Waals surface area contributed by atoms with Gasteiger partial charge in [-0.25, -0.2) is 0 Å². The number of rotatable bonds is 7. The zero-order chi connectivity index (χ0) is 9.07. The molecular formula is C12H22. The Balaban J connectivity index is 3.16. The molecule has 0 aliphatic carbocycles. The predicted molar refractivity (Wildman–Crippen MR) is 56.3 cm³/mol. The lowest BCUT2D eigenvalue weighted by molar-refractivity contribution is 0.729. The zero-order valence-corrected chi connectivity index (χ0v) is 8.60. The first kappa shape index (κ1) is 11.5. The molecule has 0 aliphatic rings. The molecule has 12 heavy (non-hydrogen) atoms. The fraction of sp³-hybridized carbons (Fsp3) is 0.750. The third kappa shape index (κ3) is 9.52. The van der Waals surface area contributed by atoms with Crippen molar-refractivity contribution in [3.05, 3.63) is 17.9 Å². The molecule has 0 aromatic heterocycles. The van der Waals surface area contributed by atoms with E-state index >= 15 is 0 Å². The van der Waals surface area contributed by atoms with Crippen molar-refractivity contribution < 1.29 is 0 Å². The van der Waals surface area contributed by atoms with Gasteiger partial charge in [0.1, 0.15) is 0 Å². The maximum atomic E-state index is 3.23. The smallest absolute Gasteiger partial charge is 0.0274 e. The van der Waals surface area contributed by atoms with Crippen LogP contribution in [0.25, 0.3) is 0 Å². The van der Waals surface area contributed by atoms with Gasteiger partial charge in [0.05, 0.1) is 0 Å². The van der Waals surface area contributed by atoms with Gasteiger partial charge >= 0.3 is 0 Å². The third-order valence-electron chi connectivity index (χ3n) is 1.89. The Bertz CT molecular complexity index is 127. The Morgan fingerprint density at radius 3 is 2.00 bits per heavy atom. The van der Waals surface area contributed by atoms with Gasteiger partial charge in [0.2, 0.25) is 0 Å². The van der Waals surface area contributed by atoms with Crippen LogP contribution in [0.1, 0.15) is 58.8 Å². The molecule has 0 spiro atoms. The van der Waals surface area contributed by atoms with Crippen LogP contribution in [0.15, 0.2) is 17.9 Å². The highest BCUT2D eigenvalue weighted by Crippen LogP contribution is 1.99. The molecule has 0 N–H and O–H groups in total. The summed E-state index contributed by atoms with van der Waals surface area (Å²) in [5.74, 6) is 0. The molecule has 0 aliphatic heterocycles. The minimum atomic E-state index is 1.20. The highest BCUT2D eigenvalue weighted by atomic mass is 13.9. The van der Waals surface area contributed by atoms with E-state index in [1.165, 1.54) is 44.9 Å². The minimum absolute atomic E-state index is 1.20. The van der Waals surface area contributed by atoms with E-state index in [4.69, 9.17) is 0 Å². The van der Waals surface area contributed by atoms with Gasteiger partial charge in [-0.05, 0) is 37.8 Å². The molecule has 0 fully saturated rings. The third-order valence-corrected chi connectivity index (χ3v) is 1.89. The van der Waals surface area contributed by atoms with Crippen molar-refractivity contribution in [3.63, 3.8) is 0 Å². The van der Waals surface area contributed by atoms with Gasteiger partial charge < -0.3 is 0 Å². The highest BCUT2D eigenvalue weighted by molar-refractivity contribution is 4.84. The van der Waals surface area contributed by atoms with E-state index in [0.717, 1.165) is 0 Å². The summed E-state index contributed by atoms with van der Waals surface area (Å²) < 4.78 is 0. The van der Waals surface area contributed by atoms with Gasteiger partial charge in [-0.1, -0.05) is 33.1 Å². The molecule has 0 rings (SSSR count). The molecule has 0 atom stereocenters. The van der Waals surface area contributed by atoms with Gasteiger partial charge in [0.15, 0.2) is 0 Å². The van der Waals surface area contributed by atoms with Crippen molar-refractivity contribution in [3.8, 4) is 0 Å². The topological polar surface area (TPSA) is 0 Å². The zero-order valence-electron chi connectivity index (χ0n) is 8.60. The summed E-state index contributed by atoms with van der Waals surface area (Å²) in [5, 5.41) is 0. The van der Waals surface area contributed by atoms with E-state index in [-0.39, 0.29) is 0 Å². The number of hydrogen-bond donors (Lipinski definition) is 0. The van der Waals surface area contributed by atoms with Crippen LogP contribution in [0.2, 0.25) is 0 Å². The van der Waals surface area contributed by atoms with E-state index in [9.17, 15) is 0 Å². The summed E-state index contributed by atoms with van der Waals surface area (Å²) in [6.07, 6.45) is 13.3. The summed E-state index contributed by atoms with van der Waals surface area (Å²) in [4.78, 5) is 0. The lowest BCUT2D eigenvalue weighted by Gasteiger charge is -1.88. The molecule has 0 unspecified atom stereocenters. The molecule has 0 amide bonds. The normalized spacial score (nSPS) is 9.17. The first-order valence-electron chi connectivity index (χ1n) is 5.31. The largest absolute Gasteiger partial charge is 0.130 e. The first-order valence-corrected chi connectivity index (χ1v) is 5.31. The number of allylic oxidation sites excluding steroid dienone is 1. The van der Waals surface area contributed by atoms with Crippen LogP contribution in [0.5, 0.6) is 0 Å². The van der Waals surface area contributed by atoms with E-state index in [1.807, 2.05) is 0 Å². The van der Waals surface area contributed by atoms with Crippen molar-refractivity contribution in [2.45, 2.75) is 58.8 Å². The van der Waals surface area contributed by atoms with Crippen LogP contribution in [0.3, 0.4) is 0 Å². The van der Waals surface area contributed by atoms with Gasteiger partial charge in [-0.2, -0.15) is 0 Å². The lowest BCUT2D eigenvalue weighted by atomic mass is 10.2. The Morgan fingerprint density at radius 2 is 1.42 bits per heavy atom. The Hall–Kier alpha value is -0.480. The molecule has 0 saturated heterocycles. The summed E-state index contributed by atoms with van der Waals surface area (Å²) in [5.41, 5.74) is 3.23. The van der Waals surface area contributed by atoms with Crippen LogP contribution in [-0.4, -0.2) is 0 Å². The van der Waals surface area contributed by atoms with E-state index in [2.05, 4.69) is 31.7 Å². The Labute approximate surface area is 77.4 Å². The average Bonchev–Trinajstić information content (AvgIpc) is 2.10. The summed E-state index contributed by atoms with van der Waals surface area (Å²) in [6, 6.07) is 0. The molecule has 70 valence electrons. The van der Waals surface area contributed by atoms with Crippen molar-refractivity contribution in [1.29, 1.82) is 0 Å². The molecule has 0 heterocycles. The molecule has 0 radical (unpaired) electrons. The second-order valence-electron chi connectivity index (χ2n) is 3.21. The second-order valence-corrected chi connectivity index (χ2v) is 3.21. The van der Waals surface area contributed by atoms with Crippen molar-refractivity contribution in [2.24, 2.45) is 0 Å². The number of hydrogen-bond acceptors (Lipinski definition) is 0. The van der Waals surface area contributed by atoms with E-state index < -0.39 is 0 Å². The van der Waals surface area contributed by atoms with Crippen molar-refractivity contribution in [1.82, 2.24) is 0 Å². The number of unbranched alkanes of at least 4 members (excludes halogenated alkanes) is 5. The van der Waals surface area contributed by atoms with Gasteiger partial charge in [0, 0.05) is 0 Å². The lowest BCUT2D eigenvalue weighted by Crippen LogP contribution is -1.69. The molecule has 0 saturated carbocycles. The van der Waals surface area contributed by atoms with E-state index in [1.54, 1.807) is 0 Å². The maximum absolute atomic E-state index is 3.23. The van der Waals surface area contributed by atoms with Gasteiger partial charge in [-0.3, -0.25) is 0 Å². The summed E-state index contributed by atoms with van der Waals surface area (Å²) in [7, 11) is 0. The molecule has 0 nitrogen and oxygen atoms in total. The average molecular weight is 166 g/mol. The Morgan fingerprint density at radius 1 is 0.833 bits per heavy atom. The van der Waals surface area contributed by atoms with Crippen molar-refractivity contribution in [2.75, 3.05) is 0 Å². The predicted octanol–water partition coefficient (Wildman–Crippen LogP) is 4.47. The molecule has 0 heteroatoms. The summed E-state index contributed by atoms with van der Waals surface area (Å²) >= 11 is 0. The van der Waals surface area contributed by atoms with Crippen LogP contribution in [0.4, 0.5) is 0 Å². The van der Waals surface area contributed by atoms with Crippen LogP contribution in [0, 0.1) is 0 Å². The fourth-order valence-electron chi connectivity index (χ4n) is 1.05. The van der Waals surface area contributed by atoms with Crippen LogP contribution >= 0.6 is 0 Å². The quantitative estimate of drug-likeness (QED) is 0.387.